The first-order chi connectivity index (χ1) is 13.5. The van der Waals surface area contributed by atoms with Crippen molar-refractivity contribution in [3.63, 3.8) is 0 Å². The van der Waals surface area contributed by atoms with Gasteiger partial charge in [0.2, 0.25) is 0 Å². The Morgan fingerprint density at radius 2 is 2.04 bits per heavy atom. The molecule has 5 rings (SSSR count). The van der Waals surface area contributed by atoms with Crippen molar-refractivity contribution in [1.82, 2.24) is 5.32 Å². The predicted octanol–water partition coefficient (Wildman–Crippen LogP) is 4.24. The molecule has 7 heteroatoms. The first-order valence-corrected chi connectivity index (χ1v) is 9.67. The molecule has 0 aliphatic carbocycles. The van der Waals surface area contributed by atoms with Crippen LogP contribution in [-0.2, 0) is 17.5 Å². The molecule has 0 saturated carbocycles. The SMILES string of the molecule is FC(F)(F)c1ccccc1Nc1cc2c3c(c1)C1CNCCC1N3CCOC2. The van der Waals surface area contributed by atoms with E-state index in [1.165, 1.54) is 23.4 Å². The highest BCUT2D eigenvalue weighted by Crippen LogP contribution is 2.48. The molecule has 2 aromatic rings. The molecular weight excluding hydrogens is 367 g/mol. The lowest BCUT2D eigenvalue weighted by Crippen LogP contribution is -2.44. The molecule has 0 spiro atoms. The van der Waals surface area contributed by atoms with Crippen LogP contribution in [0.25, 0.3) is 0 Å². The van der Waals surface area contributed by atoms with Gasteiger partial charge in [-0.15, -0.1) is 0 Å². The zero-order valence-corrected chi connectivity index (χ0v) is 15.4. The second kappa shape index (κ2) is 6.67. The number of para-hydroxylation sites is 1. The molecule has 0 aromatic heterocycles. The van der Waals surface area contributed by atoms with Crippen LogP contribution in [0.3, 0.4) is 0 Å². The summed E-state index contributed by atoms with van der Waals surface area (Å²) in [5.74, 6) is 0.361. The van der Waals surface area contributed by atoms with E-state index in [0.29, 0.717) is 30.9 Å². The molecule has 2 unspecified atom stereocenters. The van der Waals surface area contributed by atoms with Crippen molar-refractivity contribution >= 4 is 17.1 Å². The molecule has 3 aliphatic rings. The minimum absolute atomic E-state index is 0.0739. The Morgan fingerprint density at radius 1 is 1.18 bits per heavy atom. The van der Waals surface area contributed by atoms with E-state index in [2.05, 4.69) is 15.5 Å². The Labute approximate surface area is 161 Å². The minimum Gasteiger partial charge on any atom is -0.375 e. The molecule has 0 radical (unpaired) electrons. The van der Waals surface area contributed by atoms with Crippen LogP contribution < -0.4 is 15.5 Å². The fraction of sp³-hybridized carbons (Fsp3) is 0.429. The zero-order valence-electron chi connectivity index (χ0n) is 15.4. The summed E-state index contributed by atoms with van der Waals surface area (Å²) in [5.41, 5.74) is 3.60. The van der Waals surface area contributed by atoms with E-state index in [4.69, 9.17) is 4.74 Å². The van der Waals surface area contributed by atoms with Crippen LogP contribution in [0.5, 0.6) is 0 Å². The van der Waals surface area contributed by atoms with Crippen LogP contribution in [0.2, 0.25) is 0 Å². The predicted molar refractivity (Wildman–Crippen MR) is 102 cm³/mol. The van der Waals surface area contributed by atoms with Gasteiger partial charge in [-0.25, -0.2) is 0 Å². The van der Waals surface area contributed by atoms with Crippen LogP contribution in [0.1, 0.15) is 29.0 Å². The van der Waals surface area contributed by atoms with Gasteiger partial charge in [-0.1, -0.05) is 12.1 Å². The number of fused-ring (bicyclic) bond motifs is 3. The number of alkyl halides is 3. The normalized spacial score (nSPS) is 23.8. The Kier molecular flexibility index (Phi) is 4.25. The summed E-state index contributed by atoms with van der Waals surface area (Å²) < 4.78 is 45.9. The molecule has 0 amide bonds. The summed E-state index contributed by atoms with van der Waals surface area (Å²) >= 11 is 0. The number of hydrogen-bond acceptors (Lipinski definition) is 4. The number of nitrogens with one attached hydrogen (secondary N) is 2. The van der Waals surface area contributed by atoms with E-state index < -0.39 is 11.7 Å². The summed E-state index contributed by atoms with van der Waals surface area (Å²) in [6.45, 7) is 3.92. The molecule has 28 heavy (non-hydrogen) atoms. The molecule has 1 saturated heterocycles. The molecular formula is C21H22F3N3O. The molecule has 0 bridgehead atoms. The molecule has 148 valence electrons. The van der Waals surface area contributed by atoms with Crippen LogP contribution >= 0.6 is 0 Å². The van der Waals surface area contributed by atoms with Crippen molar-refractivity contribution in [1.29, 1.82) is 0 Å². The van der Waals surface area contributed by atoms with E-state index >= 15 is 0 Å². The van der Waals surface area contributed by atoms with E-state index in [-0.39, 0.29) is 5.69 Å². The summed E-state index contributed by atoms with van der Waals surface area (Å²) in [5, 5.41) is 6.49. The Bertz CT molecular complexity index is 899. The lowest BCUT2D eigenvalue weighted by Gasteiger charge is -2.33. The minimum atomic E-state index is -4.40. The molecule has 2 N–H and O–H groups in total. The van der Waals surface area contributed by atoms with Crippen LogP contribution in [0.4, 0.5) is 30.2 Å². The van der Waals surface area contributed by atoms with Crippen molar-refractivity contribution < 1.29 is 17.9 Å². The molecule has 1 fully saturated rings. The average Bonchev–Trinajstić information content (AvgIpc) is 2.83. The van der Waals surface area contributed by atoms with Crippen LogP contribution in [0.15, 0.2) is 36.4 Å². The Hall–Kier alpha value is -2.25. The van der Waals surface area contributed by atoms with Gasteiger partial charge in [0.05, 0.1) is 24.5 Å². The molecule has 3 aliphatic heterocycles. The number of halogens is 3. The van der Waals surface area contributed by atoms with E-state index in [1.807, 2.05) is 12.1 Å². The van der Waals surface area contributed by atoms with Crippen molar-refractivity contribution in [2.24, 2.45) is 0 Å². The Balaban J connectivity index is 1.57. The second-order valence-electron chi connectivity index (χ2n) is 7.65. The zero-order chi connectivity index (χ0) is 19.3. The number of rotatable bonds is 2. The van der Waals surface area contributed by atoms with Gasteiger partial charge in [0.25, 0.3) is 0 Å². The number of hydrogen-bond donors (Lipinski definition) is 2. The molecule has 4 nitrogen and oxygen atoms in total. The summed E-state index contributed by atoms with van der Waals surface area (Å²) in [6.07, 6.45) is -3.33. The van der Waals surface area contributed by atoms with E-state index in [1.54, 1.807) is 6.07 Å². The number of nitrogens with zero attached hydrogens (tertiary/aromatic N) is 1. The van der Waals surface area contributed by atoms with Crippen molar-refractivity contribution in [2.45, 2.75) is 31.2 Å². The lowest BCUT2D eigenvalue weighted by atomic mass is 9.89. The van der Waals surface area contributed by atoms with E-state index in [9.17, 15) is 13.2 Å². The van der Waals surface area contributed by atoms with Gasteiger partial charge in [-0.05, 0) is 42.8 Å². The van der Waals surface area contributed by atoms with Gasteiger partial charge in [-0.2, -0.15) is 13.2 Å². The maximum Gasteiger partial charge on any atom is 0.418 e. The van der Waals surface area contributed by atoms with Gasteiger partial charge < -0.3 is 20.3 Å². The number of benzene rings is 2. The quantitative estimate of drug-likeness (QED) is 0.805. The Morgan fingerprint density at radius 3 is 2.89 bits per heavy atom. The van der Waals surface area contributed by atoms with Crippen molar-refractivity contribution in [3.8, 4) is 0 Å². The fourth-order valence-corrected chi connectivity index (χ4v) is 4.85. The maximum atomic E-state index is 13.4. The molecule has 2 atom stereocenters. The monoisotopic (exact) mass is 389 g/mol. The van der Waals surface area contributed by atoms with Crippen LogP contribution in [-0.4, -0.2) is 32.3 Å². The van der Waals surface area contributed by atoms with Gasteiger partial charge in [-0.3, -0.25) is 0 Å². The third-order valence-corrected chi connectivity index (χ3v) is 6.00. The largest absolute Gasteiger partial charge is 0.418 e. The fourth-order valence-electron chi connectivity index (χ4n) is 4.85. The van der Waals surface area contributed by atoms with Crippen molar-refractivity contribution in [2.75, 3.05) is 36.5 Å². The van der Waals surface area contributed by atoms with E-state index in [0.717, 1.165) is 37.7 Å². The van der Waals surface area contributed by atoms with Gasteiger partial charge in [0, 0.05) is 42.0 Å². The lowest BCUT2D eigenvalue weighted by molar-refractivity contribution is -0.136. The summed E-state index contributed by atoms with van der Waals surface area (Å²) in [4.78, 5) is 2.45. The average molecular weight is 389 g/mol. The van der Waals surface area contributed by atoms with Crippen LogP contribution in [0, 0.1) is 0 Å². The highest BCUT2D eigenvalue weighted by atomic mass is 19.4. The summed E-state index contributed by atoms with van der Waals surface area (Å²) in [7, 11) is 0. The second-order valence-corrected chi connectivity index (χ2v) is 7.65. The maximum absolute atomic E-state index is 13.4. The first kappa shape index (κ1) is 17.8. The highest BCUT2D eigenvalue weighted by molar-refractivity contribution is 5.75. The number of anilines is 3. The number of piperidine rings is 1. The standard InChI is InChI=1S/C21H22F3N3O/c22-21(23,24)17-3-1-2-4-18(17)26-14-9-13-12-28-8-7-27-19-5-6-25-11-16(19)15(10-14)20(13)27/h1-4,9-10,16,19,25-26H,5-8,11-12H2. The number of ether oxygens (including phenoxy) is 1. The third-order valence-electron chi connectivity index (χ3n) is 6.00. The van der Waals surface area contributed by atoms with Gasteiger partial charge >= 0.3 is 6.18 Å². The highest BCUT2D eigenvalue weighted by Gasteiger charge is 2.42. The summed E-state index contributed by atoms with van der Waals surface area (Å²) in [6, 6.07) is 10.0. The molecule has 3 heterocycles. The molecule has 2 aromatic carbocycles. The van der Waals surface area contributed by atoms with Gasteiger partial charge in [0.1, 0.15) is 0 Å². The topological polar surface area (TPSA) is 36.5 Å². The first-order valence-electron chi connectivity index (χ1n) is 9.67. The van der Waals surface area contributed by atoms with Crippen molar-refractivity contribution in [3.05, 3.63) is 53.1 Å². The third kappa shape index (κ3) is 2.93. The smallest absolute Gasteiger partial charge is 0.375 e. The van der Waals surface area contributed by atoms with Gasteiger partial charge in [0.15, 0.2) is 0 Å².